The van der Waals surface area contributed by atoms with Gasteiger partial charge in [0.15, 0.2) is 0 Å². The number of fused-ring (bicyclic) bond motifs is 3. The van der Waals surface area contributed by atoms with E-state index in [1.165, 1.54) is 51.4 Å². The largest absolute Gasteiger partial charge is 0.396 e. The zero-order chi connectivity index (χ0) is 15.6. The number of allylic oxidation sites excluding steroid dienone is 2. The highest BCUT2D eigenvalue weighted by atomic mass is 16.3. The van der Waals surface area contributed by atoms with Gasteiger partial charge in [-0.2, -0.15) is 0 Å². The molecular formula is C20H30O2. The molecule has 0 aromatic rings. The second kappa shape index (κ2) is 4.69. The Hall–Kier alpha value is -0.630. The van der Waals surface area contributed by atoms with Crippen molar-refractivity contribution in [2.75, 3.05) is 6.61 Å². The molecule has 0 aromatic carbocycles. The minimum atomic E-state index is 0.112. The third-order valence-corrected chi connectivity index (χ3v) is 8.34. The van der Waals surface area contributed by atoms with Crippen molar-refractivity contribution in [2.24, 2.45) is 34.0 Å². The lowest BCUT2D eigenvalue weighted by Gasteiger charge is -2.64. The summed E-state index contributed by atoms with van der Waals surface area (Å²) >= 11 is 0. The molecule has 2 bridgehead atoms. The smallest absolute Gasteiger partial charge is 0.146 e. The van der Waals surface area contributed by atoms with E-state index in [1.54, 1.807) is 0 Å². The van der Waals surface area contributed by atoms with E-state index in [9.17, 15) is 9.90 Å². The second-order valence-corrected chi connectivity index (χ2v) is 9.29. The van der Waals surface area contributed by atoms with E-state index in [4.69, 9.17) is 0 Å². The van der Waals surface area contributed by atoms with E-state index in [0.29, 0.717) is 29.3 Å². The van der Waals surface area contributed by atoms with E-state index in [0.717, 1.165) is 17.8 Å². The Bertz CT molecular complexity index is 524. The fourth-order valence-electron chi connectivity index (χ4n) is 7.43. The lowest BCUT2D eigenvalue weighted by molar-refractivity contribution is -0.149. The average molecular weight is 302 g/mol. The monoisotopic (exact) mass is 302 g/mol. The van der Waals surface area contributed by atoms with Crippen molar-refractivity contribution < 1.29 is 9.90 Å². The molecule has 1 spiro atoms. The first-order valence-corrected chi connectivity index (χ1v) is 9.26. The van der Waals surface area contributed by atoms with Crippen LogP contribution >= 0.6 is 0 Å². The third-order valence-electron chi connectivity index (χ3n) is 8.34. The normalized spacial score (nSPS) is 53.4. The standard InChI is InChI=1S/C20H30O2/c1-18(13-22)7-3-8-19(2)16(18)6-9-20-10-14(4-5-17(19)20)15(11-20)12-21/h11-12,14,16-17,22H,3-10,13H2,1-2H3/t14-,16-,17+,18+,19-,20+/m0/s1. The minimum absolute atomic E-state index is 0.112. The van der Waals surface area contributed by atoms with Gasteiger partial charge in [-0.15, -0.1) is 0 Å². The molecule has 0 unspecified atom stereocenters. The van der Waals surface area contributed by atoms with Gasteiger partial charge in [-0.05, 0) is 84.5 Å². The SMILES string of the molecule is C[C@]1(CO)CCC[C@@]2(C)[C@H]1CC[C@@]13C=C(C=O)[C@@H](CC[C@@H]12)C3. The third kappa shape index (κ3) is 1.74. The van der Waals surface area contributed by atoms with Crippen LogP contribution in [0.3, 0.4) is 0 Å². The molecule has 0 radical (unpaired) electrons. The van der Waals surface area contributed by atoms with Crippen LogP contribution in [0.1, 0.15) is 65.2 Å². The van der Waals surface area contributed by atoms with Gasteiger partial charge in [-0.1, -0.05) is 26.3 Å². The number of carbonyl (C=O) groups excluding carboxylic acids is 1. The molecule has 4 rings (SSSR count). The van der Waals surface area contributed by atoms with Crippen LogP contribution in [0.15, 0.2) is 11.6 Å². The van der Waals surface area contributed by atoms with Crippen molar-refractivity contribution in [3.8, 4) is 0 Å². The van der Waals surface area contributed by atoms with Gasteiger partial charge in [0.1, 0.15) is 6.29 Å². The maximum atomic E-state index is 11.4. The molecule has 4 aliphatic carbocycles. The summed E-state index contributed by atoms with van der Waals surface area (Å²) in [7, 11) is 0. The van der Waals surface area contributed by atoms with Crippen LogP contribution in [0.25, 0.3) is 0 Å². The molecule has 22 heavy (non-hydrogen) atoms. The van der Waals surface area contributed by atoms with Crippen LogP contribution in [-0.4, -0.2) is 18.0 Å². The average Bonchev–Trinajstić information content (AvgIpc) is 2.77. The van der Waals surface area contributed by atoms with Gasteiger partial charge in [-0.3, -0.25) is 4.79 Å². The molecule has 6 atom stereocenters. The fraction of sp³-hybridized carbons (Fsp3) is 0.850. The van der Waals surface area contributed by atoms with Gasteiger partial charge in [0, 0.05) is 6.61 Å². The molecule has 1 N–H and O–H groups in total. The van der Waals surface area contributed by atoms with Gasteiger partial charge in [-0.25, -0.2) is 0 Å². The zero-order valence-corrected chi connectivity index (χ0v) is 14.1. The minimum Gasteiger partial charge on any atom is -0.396 e. The van der Waals surface area contributed by atoms with Gasteiger partial charge >= 0.3 is 0 Å². The Morgan fingerprint density at radius 3 is 2.73 bits per heavy atom. The fourth-order valence-corrected chi connectivity index (χ4v) is 7.43. The summed E-state index contributed by atoms with van der Waals surface area (Å²) in [5.74, 6) is 1.92. The summed E-state index contributed by atoms with van der Waals surface area (Å²) in [5, 5.41) is 10.1. The molecular weight excluding hydrogens is 272 g/mol. The van der Waals surface area contributed by atoms with Crippen LogP contribution < -0.4 is 0 Å². The summed E-state index contributed by atoms with van der Waals surface area (Å²) in [6, 6.07) is 0. The Labute approximate surface area is 134 Å². The van der Waals surface area contributed by atoms with Gasteiger partial charge < -0.3 is 5.11 Å². The van der Waals surface area contributed by atoms with Crippen molar-refractivity contribution in [3.05, 3.63) is 11.6 Å². The molecule has 0 amide bonds. The summed E-state index contributed by atoms with van der Waals surface area (Å²) in [6.45, 7) is 5.18. The van der Waals surface area contributed by atoms with E-state index >= 15 is 0 Å². The van der Waals surface area contributed by atoms with E-state index in [1.807, 2.05) is 0 Å². The topological polar surface area (TPSA) is 37.3 Å². The maximum Gasteiger partial charge on any atom is 0.146 e. The number of hydrogen-bond acceptors (Lipinski definition) is 2. The molecule has 3 saturated carbocycles. The molecule has 2 heteroatoms. The number of aliphatic hydroxyl groups excluding tert-OH is 1. The second-order valence-electron chi connectivity index (χ2n) is 9.29. The molecule has 0 heterocycles. The molecule has 4 aliphatic rings. The first-order valence-electron chi connectivity index (χ1n) is 9.26. The highest BCUT2D eigenvalue weighted by molar-refractivity contribution is 5.75. The van der Waals surface area contributed by atoms with Gasteiger partial charge in [0.25, 0.3) is 0 Å². The molecule has 122 valence electrons. The zero-order valence-electron chi connectivity index (χ0n) is 14.1. The number of carbonyl (C=O) groups is 1. The van der Waals surface area contributed by atoms with Crippen molar-refractivity contribution in [3.63, 3.8) is 0 Å². The Kier molecular flexibility index (Phi) is 3.18. The van der Waals surface area contributed by atoms with Crippen LogP contribution in [0.5, 0.6) is 0 Å². The highest BCUT2D eigenvalue weighted by Crippen LogP contribution is 2.70. The Morgan fingerprint density at radius 2 is 2.00 bits per heavy atom. The molecule has 0 saturated heterocycles. The molecule has 2 nitrogen and oxygen atoms in total. The van der Waals surface area contributed by atoms with Crippen molar-refractivity contribution in [1.82, 2.24) is 0 Å². The van der Waals surface area contributed by atoms with Crippen molar-refractivity contribution in [1.29, 1.82) is 0 Å². The predicted molar refractivity (Wildman–Crippen MR) is 87.3 cm³/mol. The number of aldehydes is 1. The summed E-state index contributed by atoms with van der Waals surface area (Å²) in [5.41, 5.74) is 1.87. The van der Waals surface area contributed by atoms with E-state index in [-0.39, 0.29) is 5.41 Å². The quantitative estimate of drug-likeness (QED) is 0.779. The van der Waals surface area contributed by atoms with E-state index in [2.05, 4.69) is 19.9 Å². The molecule has 0 aliphatic heterocycles. The summed E-state index contributed by atoms with van der Waals surface area (Å²) in [4.78, 5) is 11.4. The number of rotatable bonds is 2. The summed E-state index contributed by atoms with van der Waals surface area (Å²) < 4.78 is 0. The lowest BCUT2D eigenvalue weighted by atomic mass is 9.41. The van der Waals surface area contributed by atoms with Gasteiger partial charge in [0.05, 0.1) is 0 Å². The van der Waals surface area contributed by atoms with E-state index < -0.39 is 0 Å². The number of aliphatic hydroxyl groups is 1. The number of hydrogen-bond donors (Lipinski definition) is 1. The Morgan fingerprint density at radius 1 is 1.18 bits per heavy atom. The lowest BCUT2D eigenvalue weighted by Crippen LogP contribution is -2.57. The molecule has 0 aromatic heterocycles. The van der Waals surface area contributed by atoms with Crippen molar-refractivity contribution in [2.45, 2.75) is 65.2 Å². The van der Waals surface area contributed by atoms with Gasteiger partial charge in [0.2, 0.25) is 0 Å². The first-order chi connectivity index (χ1) is 10.5. The van der Waals surface area contributed by atoms with Crippen LogP contribution in [0.4, 0.5) is 0 Å². The summed E-state index contributed by atoms with van der Waals surface area (Å²) in [6.07, 6.45) is 13.5. The highest BCUT2D eigenvalue weighted by Gasteiger charge is 2.62. The van der Waals surface area contributed by atoms with Crippen LogP contribution in [0.2, 0.25) is 0 Å². The van der Waals surface area contributed by atoms with Crippen LogP contribution in [-0.2, 0) is 4.79 Å². The predicted octanol–water partition coefficient (Wildman–Crippen LogP) is 4.13. The maximum absolute atomic E-state index is 11.4. The molecule has 3 fully saturated rings. The van der Waals surface area contributed by atoms with Crippen molar-refractivity contribution >= 4 is 6.29 Å². The van der Waals surface area contributed by atoms with Crippen LogP contribution in [0, 0.1) is 34.0 Å². The Balaban J connectivity index is 1.75. The first kappa shape index (κ1) is 14.9.